The second-order valence-electron chi connectivity index (χ2n) is 28.6. The molecule has 13 rings (SSSR count). The first-order valence-corrected chi connectivity index (χ1v) is 35.1. The number of hydrogen-bond donors (Lipinski definition) is 2. The standard InChI is InChI=1S/C58H54N2O4.C29H43N2.5CH3.Hf.Zr/c1-37-31-47(57(61)53(33-37)59-49-25-11-5-19-41(49)42-20-6-12-26-50(42)59)45-23-9-15-29-55(45)63-35-39-17-3-4-18-40(39)36-64-56-30-16-10-24-46(56)48-32-38(2)34-54(58(48)62)60-51-27-13-7-21-43(51)44-22-8-14-28-52(44)60;1-18(2)23-14-12-15-24(19(3)4)27(23)30-22(9)29(10,11)31-28-25(20(5)6)16-13-17-26(28)21(7)8;;;;;;;/h5,7,9-11,13,15-16,19-34,39-40,61-62H,3-4,6,8,12,14,17-18,35-36H2,1-2H3;12-21H,1-11H3;5*1H3;;/q;6*-1;+4;+2. The van der Waals surface area contributed by atoms with Gasteiger partial charge in [0.25, 0.3) is 0 Å². The summed E-state index contributed by atoms with van der Waals surface area (Å²) in [7, 11) is 0. The Balaban J connectivity index is 0.000000424. The van der Waals surface area contributed by atoms with Crippen LogP contribution in [-0.2, 0) is 52.0 Å². The fraction of sp³-hybridized carbons (Fsp3) is 0.326. The van der Waals surface area contributed by atoms with Gasteiger partial charge in [0.2, 0.25) is 0 Å². The van der Waals surface area contributed by atoms with Gasteiger partial charge in [-0.05, 0) is 166 Å². The summed E-state index contributed by atoms with van der Waals surface area (Å²) in [6.07, 6.45) is 17.7. The predicted octanol–water partition coefficient (Wildman–Crippen LogP) is 22.9. The van der Waals surface area contributed by atoms with Crippen molar-refractivity contribution in [3.63, 3.8) is 0 Å². The second-order valence-corrected chi connectivity index (χ2v) is 28.6. The summed E-state index contributed by atoms with van der Waals surface area (Å²) in [5, 5.41) is 36.9. The molecule has 3 aliphatic rings. The first-order chi connectivity index (χ1) is 45.8. The van der Waals surface area contributed by atoms with Crippen molar-refractivity contribution in [3.8, 4) is 56.6 Å². The Hall–Kier alpha value is -7.26. The van der Waals surface area contributed by atoms with Crippen LogP contribution >= 0.6 is 0 Å². The van der Waals surface area contributed by atoms with E-state index < -0.39 is 5.54 Å². The number of fused-ring (bicyclic) bond motifs is 6. The van der Waals surface area contributed by atoms with Gasteiger partial charge in [0.15, 0.2) is 0 Å². The molecule has 2 unspecified atom stereocenters. The van der Waals surface area contributed by atoms with Crippen molar-refractivity contribution in [1.82, 2.24) is 9.13 Å². The number of para-hydroxylation sites is 6. The Bertz CT molecular complexity index is 4520. The van der Waals surface area contributed by atoms with Crippen molar-refractivity contribution in [1.29, 1.82) is 0 Å². The number of aromatic hydroxyl groups is 2. The SMILES string of the molecule is CC(=Nc1c(C(C)C)cccc1C(C)C)C(C)(C)[N-]c1c(C(C)C)cccc1C(C)C.Cc1cc(-c2ccccc2OCC2CCCCC2COc2ccccc2-c2cc(C)cc(-n3c4c(c5ccccc53)=CCCC=4)c2O)c(O)c(-n2c3c(c4ccccc42)=CCCC=3)c1.[CH3-].[CH3-].[CH3-].[CH3-].[CH3-].[Hf+4].[Zr+2]. The number of ether oxygens (including phenoxy) is 2. The van der Waals surface area contributed by atoms with E-state index in [0.29, 0.717) is 48.7 Å². The van der Waals surface area contributed by atoms with Crippen LogP contribution in [0.1, 0.15) is 185 Å². The van der Waals surface area contributed by atoms with Gasteiger partial charge in [-0.15, -0.1) is 5.69 Å². The minimum atomic E-state index is -0.396. The van der Waals surface area contributed by atoms with Gasteiger partial charge in [-0.1, -0.05) is 232 Å². The van der Waals surface area contributed by atoms with Crippen LogP contribution in [0.3, 0.4) is 0 Å². The van der Waals surface area contributed by atoms with Crippen LogP contribution in [0.4, 0.5) is 11.4 Å². The first kappa shape index (κ1) is 85.4. The minimum absolute atomic E-state index is 0. The van der Waals surface area contributed by atoms with Gasteiger partial charge >= 0.3 is 52.0 Å². The normalized spacial score (nSPS) is 14.5. The molecule has 1 saturated carbocycles. The van der Waals surface area contributed by atoms with Crippen LogP contribution in [0.15, 0.2) is 163 Å². The van der Waals surface area contributed by atoms with Gasteiger partial charge in [0.1, 0.15) is 23.0 Å². The summed E-state index contributed by atoms with van der Waals surface area (Å²) in [6, 6.07) is 54.8. The summed E-state index contributed by atoms with van der Waals surface area (Å²) in [5.74, 6) is 4.33. The molecule has 8 nitrogen and oxygen atoms in total. The molecular formula is C92H112HfN4O4Zr. The minimum Gasteiger partial charge on any atom is -0.674 e. The molecule has 0 amide bonds. The first-order valence-electron chi connectivity index (χ1n) is 35.1. The van der Waals surface area contributed by atoms with Gasteiger partial charge in [0, 0.05) is 59.9 Å². The summed E-state index contributed by atoms with van der Waals surface area (Å²) in [6.45, 7) is 29.8. The van der Waals surface area contributed by atoms with Crippen molar-refractivity contribution in [3.05, 3.63) is 255 Å². The van der Waals surface area contributed by atoms with E-state index in [0.717, 1.165) is 146 Å². The number of rotatable bonds is 18. The van der Waals surface area contributed by atoms with Crippen LogP contribution in [0.5, 0.6) is 23.0 Å². The largest absolute Gasteiger partial charge is 4.00 e. The third-order valence-electron chi connectivity index (χ3n) is 20.1. The van der Waals surface area contributed by atoms with Crippen molar-refractivity contribution in [2.24, 2.45) is 16.8 Å². The zero-order valence-electron chi connectivity index (χ0n) is 64.4. The molecule has 10 aromatic rings. The van der Waals surface area contributed by atoms with E-state index in [1.165, 1.54) is 43.5 Å². The molecule has 102 heavy (non-hydrogen) atoms. The average Bonchev–Trinajstić information content (AvgIpc) is 1.58. The topological polar surface area (TPSA) is 95.2 Å². The van der Waals surface area contributed by atoms with Crippen LogP contribution in [0.2, 0.25) is 0 Å². The molecular weight excluding hydrogens is 1490 g/mol. The van der Waals surface area contributed by atoms with Crippen LogP contribution in [-0.4, -0.2) is 43.8 Å². The summed E-state index contributed by atoms with van der Waals surface area (Å²) >= 11 is 0. The van der Waals surface area contributed by atoms with Crippen LogP contribution in [0.25, 0.3) is 85.1 Å². The Kier molecular flexibility index (Phi) is 30.9. The van der Waals surface area contributed by atoms with Gasteiger partial charge in [-0.3, -0.25) is 4.99 Å². The van der Waals surface area contributed by atoms with Gasteiger partial charge in [-0.2, -0.15) is 0 Å². The number of benzene rings is 8. The molecule has 3 aliphatic carbocycles. The van der Waals surface area contributed by atoms with Crippen molar-refractivity contribution in [2.45, 2.75) is 171 Å². The Labute approximate surface area is 650 Å². The summed E-state index contributed by atoms with van der Waals surface area (Å²) in [4.78, 5) is 5.24. The van der Waals surface area contributed by atoms with E-state index in [2.05, 4.69) is 245 Å². The summed E-state index contributed by atoms with van der Waals surface area (Å²) < 4.78 is 18.1. The zero-order chi connectivity index (χ0) is 66.8. The van der Waals surface area contributed by atoms with E-state index in [-0.39, 0.29) is 101 Å². The van der Waals surface area contributed by atoms with E-state index in [1.54, 1.807) is 0 Å². The molecule has 0 saturated heterocycles. The van der Waals surface area contributed by atoms with Crippen molar-refractivity contribution in [2.75, 3.05) is 13.2 Å². The number of aryl methyl sites for hydroxylation is 2. The van der Waals surface area contributed by atoms with Crippen molar-refractivity contribution < 1.29 is 71.7 Å². The molecule has 1 fully saturated rings. The average molecular weight is 1610 g/mol. The van der Waals surface area contributed by atoms with Crippen molar-refractivity contribution >= 4 is 63.2 Å². The van der Waals surface area contributed by atoms with Gasteiger partial charge in [-0.25, -0.2) is 0 Å². The Morgan fingerprint density at radius 1 is 0.490 bits per heavy atom. The number of aromatic nitrogens is 2. The molecule has 2 atom stereocenters. The molecule has 0 bridgehead atoms. The molecule has 2 heterocycles. The quantitative estimate of drug-likeness (QED) is 0.0508. The second kappa shape index (κ2) is 36.9. The molecule has 0 aliphatic heterocycles. The number of phenols is 2. The third kappa shape index (κ3) is 17.6. The molecule has 2 N–H and O–H groups in total. The number of aliphatic imine (C=N–C) groups is 1. The molecule has 0 spiro atoms. The van der Waals surface area contributed by atoms with Crippen LogP contribution in [0, 0.1) is 62.8 Å². The fourth-order valence-corrected chi connectivity index (χ4v) is 14.8. The van der Waals surface area contributed by atoms with E-state index in [9.17, 15) is 10.2 Å². The van der Waals surface area contributed by atoms with Crippen LogP contribution < -0.4 is 30.6 Å². The number of nitrogens with zero attached hydrogens (tertiary/aromatic N) is 4. The molecule has 532 valence electrons. The third-order valence-corrected chi connectivity index (χ3v) is 20.1. The predicted molar refractivity (Wildman–Crippen MR) is 433 cm³/mol. The molecule has 8 aromatic carbocycles. The van der Waals surface area contributed by atoms with E-state index in [4.69, 9.17) is 19.8 Å². The van der Waals surface area contributed by atoms with E-state index in [1.807, 2.05) is 36.4 Å². The Morgan fingerprint density at radius 2 is 0.853 bits per heavy atom. The maximum absolute atomic E-state index is 12.2. The maximum Gasteiger partial charge on any atom is 4.00 e. The van der Waals surface area contributed by atoms with Gasteiger partial charge in [0.05, 0.1) is 41.3 Å². The number of hydrogen-bond acceptors (Lipinski definition) is 5. The Morgan fingerprint density at radius 3 is 1.25 bits per heavy atom. The van der Waals surface area contributed by atoms with Gasteiger partial charge < -0.3 is 71.3 Å². The molecule has 10 heteroatoms. The summed E-state index contributed by atoms with van der Waals surface area (Å²) in [5.41, 5.74) is 17.4. The number of phenolic OH excluding ortho intramolecular Hbond substituents is 2. The zero-order valence-corrected chi connectivity index (χ0v) is 70.4. The fourth-order valence-electron chi connectivity index (χ4n) is 14.8. The monoisotopic (exact) mass is 1610 g/mol. The smallest absolute Gasteiger partial charge is 0.674 e. The van der Waals surface area contributed by atoms with E-state index >= 15 is 0 Å². The molecule has 2 aromatic heterocycles. The maximum atomic E-state index is 12.2. The molecule has 0 radical (unpaired) electrons.